The summed E-state index contributed by atoms with van der Waals surface area (Å²) in [6.07, 6.45) is 1.18. The third-order valence-electron chi connectivity index (χ3n) is 5.14. The Morgan fingerprint density at radius 3 is 2.59 bits per heavy atom. The van der Waals surface area contributed by atoms with Crippen LogP contribution >= 0.6 is 24.0 Å². The molecule has 2 saturated heterocycles. The highest BCUT2D eigenvalue weighted by molar-refractivity contribution is 14.0. The monoisotopic (exact) mass is 490 g/mol. The van der Waals surface area contributed by atoms with Crippen molar-refractivity contribution in [1.29, 1.82) is 0 Å². The lowest BCUT2D eigenvalue weighted by Crippen LogP contribution is -2.46. The van der Waals surface area contributed by atoms with Crippen molar-refractivity contribution in [1.82, 2.24) is 15.1 Å². The number of nitrogens with zero attached hydrogens (tertiary/aromatic N) is 3. The maximum atomic E-state index is 5.47. The smallest absolute Gasteiger partial charge is 0.193 e. The number of benzene rings is 1. The van der Waals surface area contributed by atoms with E-state index in [4.69, 9.17) is 14.2 Å². The van der Waals surface area contributed by atoms with Crippen molar-refractivity contribution in [2.75, 3.05) is 60.7 Å². The van der Waals surface area contributed by atoms with E-state index < -0.39 is 0 Å². The van der Waals surface area contributed by atoms with Gasteiger partial charge in [0.25, 0.3) is 0 Å². The second-order valence-electron chi connectivity index (χ2n) is 6.63. The molecule has 0 radical (unpaired) electrons. The summed E-state index contributed by atoms with van der Waals surface area (Å²) in [5.41, 5.74) is 1.13. The molecule has 2 heterocycles. The summed E-state index contributed by atoms with van der Waals surface area (Å²) in [7, 11) is 5.15. The van der Waals surface area contributed by atoms with Gasteiger partial charge in [-0.15, -0.1) is 24.0 Å². The van der Waals surface area contributed by atoms with Gasteiger partial charge in [-0.3, -0.25) is 9.89 Å². The topological polar surface area (TPSA) is 58.6 Å². The van der Waals surface area contributed by atoms with Crippen LogP contribution in [0.25, 0.3) is 0 Å². The first-order valence-electron chi connectivity index (χ1n) is 9.23. The quantitative estimate of drug-likeness (QED) is 0.386. The molecule has 0 aromatic heterocycles. The molecule has 27 heavy (non-hydrogen) atoms. The zero-order valence-corrected chi connectivity index (χ0v) is 18.8. The van der Waals surface area contributed by atoms with E-state index in [0.29, 0.717) is 12.6 Å². The molecule has 1 atom stereocenters. The van der Waals surface area contributed by atoms with E-state index in [0.717, 1.165) is 62.4 Å². The van der Waals surface area contributed by atoms with Crippen LogP contribution < -0.4 is 14.8 Å². The van der Waals surface area contributed by atoms with E-state index in [1.807, 2.05) is 25.2 Å². The van der Waals surface area contributed by atoms with Crippen molar-refractivity contribution in [3.63, 3.8) is 0 Å². The largest absolute Gasteiger partial charge is 0.493 e. The number of halogens is 1. The molecule has 0 spiro atoms. The second-order valence-corrected chi connectivity index (χ2v) is 6.63. The molecular weight excluding hydrogens is 459 g/mol. The van der Waals surface area contributed by atoms with Gasteiger partial charge in [0.2, 0.25) is 0 Å². The zero-order valence-electron chi connectivity index (χ0n) is 16.4. The predicted molar refractivity (Wildman–Crippen MR) is 118 cm³/mol. The zero-order chi connectivity index (χ0) is 18.4. The standard InChI is InChI=1S/C19H30N4O3.HI/c1-20-19(21-13-15-4-5-17(24-2)18(12-15)25-3)23-7-6-16(14-23)22-8-10-26-11-9-22;/h4-5,12,16H,6-11,13-14H2,1-3H3,(H,20,21);1H. The van der Waals surface area contributed by atoms with Gasteiger partial charge in [-0.1, -0.05) is 6.07 Å². The lowest BCUT2D eigenvalue weighted by molar-refractivity contribution is 0.0195. The summed E-state index contributed by atoms with van der Waals surface area (Å²) in [6.45, 7) is 6.53. The molecule has 3 rings (SSSR count). The average Bonchev–Trinajstić information content (AvgIpc) is 3.19. The lowest BCUT2D eigenvalue weighted by atomic mass is 10.2. The van der Waals surface area contributed by atoms with Crippen LogP contribution in [0.4, 0.5) is 0 Å². The Kier molecular flexibility index (Phi) is 8.91. The second kappa shape index (κ2) is 10.9. The Morgan fingerprint density at radius 1 is 1.19 bits per heavy atom. The molecule has 1 unspecified atom stereocenters. The summed E-state index contributed by atoms with van der Waals surface area (Å²) in [5.74, 6) is 2.44. The van der Waals surface area contributed by atoms with Crippen LogP contribution in [-0.4, -0.2) is 82.5 Å². The molecule has 0 aliphatic carbocycles. The number of nitrogens with one attached hydrogen (secondary N) is 1. The molecule has 152 valence electrons. The van der Waals surface area contributed by atoms with Crippen LogP contribution in [0, 0.1) is 0 Å². The van der Waals surface area contributed by atoms with E-state index in [1.165, 1.54) is 6.42 Å². The number of likely N-dealkylation sites (tertiary alicyclic amines) is 1. The van der Waals surface area contributed by atoms with Gasteiger partial charge in [-0.05, 0) is 24.1 Å². The maximum absolute atomic E-state index is 5.47. The third-order valence-corrected chi connectivity index (χ3v) is 5.14. The molecule has 8 heteroatoms. The maximum Gasteiger partial charge on any atom is 0.193 e. The molecule has 2 aliphatic heterocycles. The molecule has 2 aliphatic rings. The van der Waals surface area contributed by atoms with Gasteiger partial charge >= 0.3 is 0 Å². The summed E-state index contributed by atoms with van der Waals surface area (Å²) in [4.78, 5) is 9.37. The first-order chi connectivity index (χ1) is 12.7. The van der Waals surface area contributed by atoms with Crippen LogP contribution in [0.2, 0.25) is 0 Å². The van der Waals surface area contributed by atoms with Crippen molar-refractivity contribution >= 4 is 29.9 Å². The minimum Gasteiger partial charge on any atom is -0.493 e. The Labute approximate surface area is 179 Å². The van der Waals surface area contributed by atoms with Gasteiger partial charge in [0.05, 0.1) is 27.4 Å². The number of methoxy groups -OCH3 is 2. The number of hydrogen-bond acceptors (Lipinski definition) is 5. The number of ether oxygens (including phenoxy) is 3. The molecule has 0 bridgehead atoms. The van der Waals surface area contributed by atoms with Crippen molar-refractivity contribution < 1.29 is 14.2 Å². The summed E-state index contributed by atoms with van der Waals surface area (Å²) in [5, 5.41) is 3.48. The minimum absolute atomic E-state index is 0. The van der Waals surface area contributed by atoms with E-state index in [9.17, 15) is 0 Å². The highest BCUT2D eigenvalue weighted by Crippen LogP contribution is 2.27. The molecule has 2 fully saturated rings. The number of morpholine rings is 1. The molecule has 1 aromatic carbocycles. The summed E-state index contributed by atoms with van der Waals surface area (Å²) in [6, 6.07) is 6.57. The number of guanidine groups is 1. The van der Waals surface area contributed by atoms with Crippen molar-refractivity contribution in [2.24, 2.45) is 4.99 Å². The highest BCUT2D eigenvalue weighted by Gasteiger charge is 2.30. The average molecular weight is 490 g/mol. The lowest BCUT2D eigenvalue weighted by Gasteiger charge is -2.32. The van der Waals surface area contributed by atoms with E-state index >= 15 is 0 Å². The van der Waals surface area contributed by atoms with Gasteiger partial charge in [0.15, 0.2) is 17.5 Å². The Hall–Kier alpha value is -1.26. The van der Waals surface area contributed by atoms with E-state index in [1.54, 1.807) is 14.2 Å². The van der Waals surface area contributed by atoms with Gasteiger partial charge in [-0.2, -0.15) is 0 Å². The van der Waals surface area contributed by atoms with Crippen LogP contribution in [0.1, 0.15) is 12.0 Å². The van der Waals surface area contributed by atoms with Gasteiger partial charge in [0.1, 0.15) is 0 Å². The fourth-order valence-electron chi connectivity index (χ4n) is 3.68. The Bertz CT molecular complexity index is 623. The van der Waals surface area contributed by atoms with Crippen LogP contribution in [0.3, 0.4) is 0 Å². The Morgan fingerprint density at radius 2 is 1.93 bits per heavy atom. The molecule has 0 saturated carbocycles. The first-order valence-corrected chi connectivity index (χ1v) is 9.23. The van der Waals surface area contributed by atoms with Crippen molar-refractivity contribution in [2.45, 2.75) is 19.0 Å². The van der Waals surface area contributed by atoms with E-state index in [2.05, 4.69) is 20.1 Å². The molecule has 1 N–H and O–H groups in total. The number of aliphatic imine (C=N–C) groups is 1. The molecule has 0 amide bonds. The van der Waals surface area contributed by atoms with Gasteiger partial charge in [0, 0.05) is 45.8 Å². The predicted octanol–water partition coefficient (Wildman–Crippen LogP) is 1.80. The summed E-state index contributed by atoms with van der Waals surface area (Å²) >= 11 is 0. The van der Waals surface area contributed by atoms with Crippen molar-refractivity contribution in [3.05, 3.63) is 23.8 Å². The molecule has 7 nitrogen and oxygen atoms in total. The summed E-state index contributed by atoms with van der Waals surface area (Å²) < 4.78 is 16.1. The van der Waals surface area contributed by atoms with Gasteiger partial charge in [-0.25, -0.2) is 0 Å². The van der Waals surface area contributed by atoms with Gasteiger partial charge < -0.3 is 24.4 Å². The number of rotatable bonds is 5. The van der Waals surface area contributed by atoms with Crippen LogP contribution in [0.5, 0.6) is 11.5 Å². The fraction of sp³-hybridized carbons (Fsp3) is 0.632. The Balaban J connectivity index is 0.00000261. The molecule has 1 aromatic rings. The van der Waals surface area contributed by atoms with E-state index in [-0.39, 0.29) is 24.0 Å². The van der Waals surface area contributed by atoms with Crippen molar-refractivity contribution in [3.8, 4) is 11.5 Å². The normalized spacial score (nSPS) is 20.9. The van der Waals surface area contributed by atoms with Crippen LogP contribution in [-0.2, 0) is 11.3 Å². The third kappa shape index (κ3) is 5.61. The fourth-order valence-corrected chi connectivity index (χ4v) is 3.68. The van der Waals surface area contributed by atoms with Crippen LogP contribution in [0.15, 0.2) is 23.2 Å². The number of hydrogen-bond donors (Lipinski definition) is 1. The first kappa shape index (κ1) is 22.0. The highest BCUT2D eigenvalue weighted by atomic mass is 127. The minimum atomic E-state index is 0. The SMILES string of the molecule is CN=C(NCc1ccc(OC)c(OC)c1)N1CCC(N2CCOCC2)C1.I. The molecular formula is C19H31IN4O3.